The minimum absolute atomic E-state index is 0.377. The summed E-state index contributed by atoms with van der Waals surface area (Å²) in [5.41, 5.74) is 0.381. The van der Waals surface area contributed by atoms with Gasteiger partial charge in [0.05, 0.1) is 11.8 Å². The number of aryl methyl sites for hydroxylation is 1. The summed E-state index contributed by atoms with van der Waals surface area (Å²) in [6, 6.07) is 5.32. The van der Waals surface area contributed by atoms with Crippen LogP contribution in [0.25, 0.3) is 5.76 Å². The number of carbonyl (C=O) groups excluding carboxylic acids is 1. The van der Waals surface area contributed by atoms with Gasteiger partial charge in [0.1, 0.15) is 5.76 Å². The van der Waals surface area contributed by atoms with Gasteiger partial charge in [-0.15, -0.1) is 0 Å². The highest BCUT2D eigenvalue weighted by Crippen LogP contribution is 2.14. The molecule has 100 valence electrons. The topological polar surface area (TPSA) is 103 Å². The van der Waals surface area contributed by atoms with Crippen LogP contribution < -0.4 is 0 Å². The SMILES string of the molecule is N#CCCCCn1cccc1/C(O)=C/C(=O)C(=O)O. The number of rotatable bonds is 7. The predicted octanol–water partition coefficient (Wildman–Crippen LogP) is 1.73. The maximum Gasteiger partial charge on any atom is 0.376 e. The number of unbranched alkanes of at least 4 members (excludes halogenated alkanes) is 2. The zero-order valence-electron chi connectivity index (χ0n) is 10.2. The van der Waals surface area contributed by atoms with Crippen molar-refractivity contribution in [3.63, 3.8) is 0 Å². The number of carboxylic acids is 1. The van der Waals surface area contributed by atoms with Gasteiger partial charge < -0.3 is 14.8 Å². The van der Waals surface area contributed by atoms with Crippen LogP contribution in [0.1, 0.15) is 25.0 Å². The third-order valence-electron chi connectivity index (χ3n) is 2.51. The van der Waals surface area contributed by atoms with Crippen LogP contribution in [0.5, 0.6) is 0 Å². The van der Waals surface area contributed by atoms with Crippen LogP contribution in [0.2, 0.25) is 0 Å². The first-order chi connectivity index (χ1) is 9.06. The number of ketones is 1. The lowest BCUT2D eigenvalue weighted by Crippen LogP contribution is -2.10. The van der Waals surface area contributed by atoms with Gasteiger partial charge in [0, 0.05) is 25.2 Å². The minimum atomic E-state index is -1.61. The van der Waals surface area contributed by atoms with Crippen molar-refractivity contribution in [3.8, 4) is 6.07 Å². The Morgan fingerprint density at radius 3 is 2.74 bits per heavy atom. The van der Waals surface area contributed by atoms with E-state index in [1.54, 1.807) is 22.9 Å². The van der Waals surface area contributed by atoms with Crippen LogP contribution in [-0.2, 0) is 16.1 Å². The molecule has 0 aromatic carbocycles. The molecular weight excluding hydrogens is 248 g/mol. The maximum absolute atomic E-state index is 11.0. The van der Waals surface area contributed by atoms with Crippen LogP contribution in [0.4, 0.5) is 0 Å². The Hall–Kier alpha value is -2.55. The van der Waals surface area contributed by atoms with Crippen LogP contribution in [0, 0.1) is 11.3 Å². The van der Waals surface area contributed by atoms with Crippen molar-refractivity contribution in [2.45, 2.75) is 25.8 Å². The molecule has 1 heterocycles. The maximum atomic E-state index is 11.0. The second-order valence-electron chi connectivity index (χ2n) is 3.90. The first kappa shape index (κ1) is 14.5. The number of carboxylic acid groups (broad SMARTS) is 1. The fourth-order valence-corrected chi connectivity index (χ4v) is 1.59. The van der Waals surface area contributed by atoms with Crippen LogP contribution in [0.15, 0.2) is 24.4 Å². The number of hydrogen-bond donors (Lipinski definition) is 2. The molecule has 0 fully saturated rings. The van der Waals surface area contributed by atoms with E-state index < -0.39 is 11.8 Å². The summed E-state index contributed by atoms with van der Waals surface area (Å²) < 4.78 is 1.71. The Morgan fingerprint density at radius 2 is 2.11 bits per heavy atom. The minimum Gasteiger partial charge on any atom is -0.506 e. The van der Waals surface area contributed by atoms with E-state index in [0.29, 0.717) is 24.7 Å². The molecule has 6 nitrogen and oxygen atoms in total. The molecule has 0 bridgehead atoms. The lowest BCUT2D eigenvalue weighted by molar-refractivity contribution is -0.146. The Bertz CT molecular complexity index is 537. The fraction of sp³-hybridized carbons (Fsp3) is 0.308. The highest BCUT2D eigenvalue weighted by Gasteiger charge is 2.12. The van der Waals surface area contributed by atoms with Crippen molar-refractivity contribution in [2.24, 2.45) is 0 Å². The van der Waals surface area contributed by atoms with Gasteiger partial charge in [0.25, 0.3) is 5.78 Å². The number of aliphatic hydroxyl groups excluding tert-OH is 1. The second kappa shape index (κ2) is 7.01. The van der Waals surface area contributed by atoms with Crippen LogP contribution in [-0.4, -0.2) is 26.5 Å². The van der Waals surface area contributed by atoms with Gasteiger partial charge in [-0.1, -0.05) is 0 Å². The highest BCUT2D eigenvalue weighted by molar-refractivity contribution is 6.38. The number of aliphatic hydroxyl groups is 1. The van der Waals surface area contributed by atoms with Crippen molar-refractivity contribution in [2.75, 3.05) is 0 Å². The number of nitriles is 1. The lowest BCUT2D eigenvalue weighted by atomic mass is 10.2. The smallest absolute Gasteiger partial charge is 0.376 e. The van der Waals surface area contributed by atoms with Crippen molar-refractivity contribution in [1.29, 1.82) is 5.26 Å². The average Bonchev–Trinajstić information content (AvgIpc) is 2.82. The van der Waals surface area contributed by atoms with Gasteiger partial charge in [0.2, 0.25) is 0 Å². The summed E-state index contributed by atoms with van der Waals surface area (Å²) in [4.78, 5) is 21.4. The molecule has 2 N–H and O–H groups in total. The molecular formula is C13H14N2O4. The molecule has 0 radical (unpaired) electrons. The van der Waals surface area contributed by atoms with Crippen molar-refractivity contribution >= 4 is 17.5 Å². The molecule has 0 atom stereocenters. The number of aromatic nitrogens is 1. The molecule has 1 rings (SSSR count). The largest absolute Gasteiger partial charge is 0.506 e. The van der Waals surface area contributed by atoms with Gasteiger partial charge in [-0.05, 0) is 25.0 Å². The summed E-state index contributed by atoms with van der Waals surface area (Å²) >= 11 is 0. The molecule has 0 aliphatic rings. The van der Waals surface area contributed by atoms with Crippen molar-refractivity contribution in [3.05, 3.63) is 30.1 Å². The first-order valence-electron chi connectivity index (χ1n) is 5.76. The predicted molar refractivity (Wildman–Crippen MR) is 67.1 cm³/mol. The van der Waals surface area contributed by atoms with Gasteiger partial charge in [-0.3, -0.25) is 4.79 Å². The summed E-state index contributed by atoms with van der Waals surface area (Å²) in [5, 5.41) is 26.6. The Kier molecular flexibility index (Phi) is 5.35. The second-order valence-corrected chi connectivity index (χ2v) is 3.90. The zero-order chi connectivity index (χ0) is 14.3. The molecule has 0 spiro atoms. The number of hydrogen-bond acceptors (Lipinski definition) is 4. The van der Waals surface area contributed by atoms with Crippen molar-refractivity contribution < 1.29 is 19.8 Å². The summed E-state index contributed by atoms with van der Waals surface area (Å²) in [6.45, 7) is 0.586. The number of carbonyl (C=O) groups is 2. The summed E-state index contributed by atoms with van der Waals surface area (Å²) in [7, 11) is 0. The molecule has 1 aromatic rings. The molecule has 0 aliphatic carbocycles. The standard InChI is InChI=1S/C13H14N2O4/c14-6-2-1-3-7-15-8-4-5-10(15)11(16)9-12(17)13(18)19/h4-5,8-9,16H,1-3,7H2,(H,18,19)/b11-9-. The zero-order valence-corrected chi connectivity index (χ0v) is 10.2. The summed E-state index contributed by atoms with van der Waals surface area (Å²) in [5.74, 6) is -3.16. The van der Waals surface area contributed by atoms with Gasteiger partial charge >= 0.3 is 5.97 Å². The lowest BCUT2D eigenvalue weighted by Gasteiger charge is -2.07. The Labute approximate surface area is 110 Å². The number of nitrogens with zero attached hydrogens (tertiary/aromatic N) is 2. The van der Waals surface area contributed by atoms with Crippen LogP contribution >= 0.6 is 0 Å². The number of aliphatic carboxylic acids is 1. The monoisotopic (exact) mass is 262 g/mol. The van der Waals surface area contributed by atoms with E-state index >= 15 is 0 Å². The highest BCUT2D eigenvalue weighted by atomic mass is 16.4. The van der Waals surface area contributed by atoms with Gasteiger partial charge in [0.15, 0.2) is 0 Å². The summed E-state index contributed by atoms with van der Waals surface area (Å²) in [6.07, 6.45) is 4.37. The van der Waals surface area contributed by atoms with E-state index in [1.807, 2.05) is 6.07 Å². The molecule has 0 amide bonds. The van der Waals surface area contributed by atoms with Crippen molar-refractivity contribution in [1.82, 2.24) is 4.57 Å². The molecule has 1 aromatic heterocycles. The van der Waals surface area contributed by atoms with Crippen LogP contribution in [0.3, 0.4) is 0 Å². The Morgan fingerprint density at radius 1 is 1.37 bits per heavy atom. The molecule has 0 aliphatic heterocycles. The normalized spacial score (nSPS) is 11.0. The average molecular weight is 262 g/mol. The third-order valence-corrected chi connectivity index (χ3v) is 2.51. The van der Waals surface area contributed by atoms with E-state index in [0.717, 1.165) is 12.8 Å². The van der Waals surface area contributed by atoms with Gasteiger partial charge in [-0.25, -0.2) is 4.79 Å². The third kappa shape index (κ3) is 4.32. The molecule has 19 heavy (non-hydrogen) atoms. The molecule has 0 saturated heterocycles. The molecule has 6 heteroatoms. The van der Waals surface area contributed by atoms with E-state index in [2.05, 4.69) is 0 Å². The van der Waals surface area contributed by atoms with E-state index in [-0.39, 0.29) is 5.76 Å². The van der Waals surface area contributed by atoms with E-state index in [4.69, 9.17) is 10.4 Å². The Balaban J connectivity index is 2.74. The first-order valence-corrected chi connectivity index (χ1v) is 5.76. The van der Waals surface area contributed by atoms with E-state index in [1.165, 1.54) is 0 Å². The van der Waals surface area contributed by atoms with Gasteiger partial charge in [-0.2, -0.15) is 5.26 Å². The molecule has 0 unspecified atom stereocenters. The molecule has 0 saturated carbocycles. The van der Waals surface area contributed by atoms with E-state index in [9.17, 15) is 14.7 Å². The quantitative estimate of drug-likeness (QED) is 0.337. The fourth-order valence-electron chi connectivity index (χ4n) is 1.59.